The molecule has 1 amide bonds. The molecule has 0 aromatic heterocycles. The molecule has 0 radical (unpaired) electrons. The summed E-state index contributed by atoms with van der Waals surface area (Å²) >= 11 is 0. The van der Waals surface area contributed by atoms with Gasteiger partial charge in [-0.05, 0) is 28.8 Å². The van der Waals surface area contributed by atoms with Crippen LogP contribution < -0.4 is 19.9 Å². The fourth-order valence-corrected chi connectivity index (χ4v) is 3.33. The van der Waals surface area contributed by atoms with Gasteiger partial charge in [-0.1, -0.05) is 91.0 Å². The van der Waals surface area contributed by atoms with Gasteiger partial charge >= 0.3 is 0 Å². The number of carbonyl (C=O) groups excluding carboxylic acids is 1. The Bertz CT molecular complexity index is 1180. The highest BCUT2D eigenvalue weighted by Gasteiger charge is 2.21. The lowest BCUT2D eigenvalue weighted by molar-refractivity contribution is 0.0994. The number of nitrogens with two attached hydrogens (primary N) is 1. The Morgan fingerprint density at radius 3 is 1.42 bits per heavy atom. The Kier molecular flexibility index (Phi) is 7.23. The van der Waals surface area contributed by atoms with E-state index in [-0.39, 0.29) is 24.5 Å². The van der Waals surface area contributed by atoms with Crippen LogP contribution in [0.3, 0.4) is 0 Å². The van der Waals surface area contributed by atoms with Crippen LogP contribution in [0.1, 0.15) is 27.0 Å². The summed E-state index contributed by atoms with van der Waals surface area (Å²) in [5.41, 5.74) is 8.84. The van der Waals surface area contributed by atoms with Crippen molar-refractivity contribution in [3.05, 3.63) is 125 Å². The fraction of sp³-hybridized carbons (Fsp3) is 0.107. The number of ether oxygens (including phenoxy) is 3. The second-order valence-electron chi connectivity index (χ2n) is 7.46. The van der Waals surface area contributed by atoms with Crippen molar-refractivity contribution in [3.8, 4) is 17.2 Å². The SMILES string of the molecule is NC(=O)c1ccc(OCc2ccccc2)c(OCc2ccccc2)c1OCc1ccccc1. The van der Waals surface area contributed by atoms with Crippen molar-refractivity contribution < 1.29 is 19.0 Å². The molecule has 0 atom stereocenters. The quantitative estimate of drug-likeness (QED) is 0.353. The smallest absolute Gasteiger partial charge is 0.252 e. The van der Waals surface area contributed by atoms with E-state index in [1.807, 2.05) is 91.0 Å². The highest BCUT2D eigenvalue weighted by atomic mass is 16.5. The Balaban J connectivity index is 1.66. The number of hydrogen-bond donors (Lipinski definition) is 1. The maximum absolute atomic E-state index is 12.2. The Morgan fingerprint density at radius 1 is 0.545 bits per heavy atom. The second kappa shape index (κ2) is 10.9. The average molecular weight is 440 g/mol. The molecule has 33 heavy (non-hydrogen) atoms. The molecule has 0 spiro atoms. The van der Waals surface area contributed by atoms with Gasteiger partial charge in [0.1, 0.15) is 19.8 Å². The predicted octanol–water partition coefficient (Wildman–Crippen LogP) is 5.52. The van der Waals surface area contributed by atoms with Gasteiger partial charge in [-0.25, -0.2) is 0 Å². The molecule has 4 aromatic carbocycles. The summed E-state index contributed by atoms with van der Waals surface area (Å²) in [5.74, 6) is 0.495. The molecule has 2 N–H and O–H groups in total. The van der Waals surface area contributed by atoms with Crippen molar-refractivity contribution in [1.82, 2.24) is 0 Å². The van der Waals surface area contributed by atoms with Crippen molar-refractivity contribution in [2.75, 3.05) is 0 Å². The van der Waals surface area contributed by atoms with E-state index < -0.39 is 5.91 Å². The monoisotopic (exact) mass is 439 g/mol. The van der Waals surface area contributed by atoms with E-state index in [9.17, 15) is 4.79 Å². The number of amides is 1. The maximum Gasteiger partial charge on any atom is 0.252 e. The summed E-state index contributed by atoms with van der Waals surface area (Å²) < 4.78 is 18.3. The maximum atomic E-state index is 12.2. The van der Waals surface area contributed by atoms with Crippen molar-refractivity contribution in [2.45, 2.75) is 19.8 Å². The topological polar surface area (TPSA) is 70.8 Å². The van der Waals surface area contributed by atoms with Crippen molar-refractivity contribution >= 4 is 5.91 Å². The third-order valence-corrected chi connectivity index (χ3v) is 5.03. The lowest BCUT2D eigenvalue weighted by atomic mass is 10.1. The lowest BCUT2D eigenvalue weighted by Gasteiger charge is -2.19. The first kappa shape index (κ1) is 22.0. The third-order valence-electron chi connectivity index (χ3n) is 5.03. The molecule has 0 saturated heterocycles. The first-order valence-corrected chi connectivity index (χ1v) is 10.7. The van der Waals surface area contributed by atoms with Gasteiger partial charge in [-0.15, -0.1) is 0 Å². The molecule has 5 nitrogen and oxygen atoms in total. The summed E-state index contributed by atoms with van der Waals surface area (Å²) in [6.07, 6.45) is 0. The van der Waals surface area contributed by atoms with E-state index in [0.717, 1.165) is 16.7 Å². The summed E-state index contributed by atoms with van der Waals surface area (Å²) in [5, 5.41) is 0. The minimum atomic E-state index is -0.600. The predicted molar refractivity (Wildman–Crippen MR) is 127 cm³/mol. The highest BCUT2D eigenvalue weighted by molar-refractivity contribution is 5.97. The molecule has 4 aromatic rings. The summed E-state index contributed by atoms with van der Waals surface area (Å²) in [6.45, 7) is 0.883. The van der Waals surface area contributed by atoms with Crippen LogP contribution in [0.4, 0.5) is 0 Å². The van der Waals surface area contributed by atoms with Crippen LogP contribution in [0.15, 0.2) is 103 Å². The number of hydrogen-bond acceptors (Lipinski definition) is 4. The van der Waals surface area contributed by atoms with E-state index in [1.165, 1.54) is 0 Å². The van der Waals surface area contributed by atoms with Gasteiger partial charge in [0.25, 0.3) is 5.91 Å². The van der Waals surface area contributed by atoms with Gasteiger partial charge in [0.2, 0.25) is 5.75 Å². The van der Waals surface area contributed by atoms with Crippen LogP contribution in [-0.4, -0.2) is 5.91 Å². The average Bonchev–Trinajstić information content (AvgIpc) is 2.86. The molecule has 0 aliphatic rings. The van der Waals surface area contributed by atoms with Gasteiger partial charge in [-0.2, -0.15) is 0 Å². The molecular weight excluding hydrogens is 414 g/mol. The zero-order chi connectivity index (χ0) is 22.9. The zero-order valence-corrected chi connectivity index (χ0v) is 18.1. The second-order valence-corrected chi connectivity index (χ2v) is 7.46. The minimum absolute atomic E-state index is 0.237. The van der Waals surface area contributed by atoms with Crippen LogP contribution in [0, 0.1) is 0 Å². The molecular formula is C28H25NO4. The van der Waals surface area contributed by atoms with Crippen LogP contribution in [0.25, 0.3) is 0 Å². The first-order chi connectivity index (χ1) is 16.2. The molecule has 0 fully saturated rings. The van der Waals surface area contributed by atoms with Crippen molar-refractivity contribution in [1.29, 1.82) is 0 Å². The standard InChI is InChI=1S/C28H25NO4/c29-28(30)24-16-17-25(31-18-21-10-4-1-5-11-21)27(33-20-23-14-8-3-9-15-23)26(24)32-19-22-12-6-2-7-13-22/h1-17H,18-20H2,(H2,29,30). The van der Waals surface area contributed by atoms with Gasteiger partial charge in [0.05, 0.1) is 5.56 Å². The van der Waals surface area contributed by atoms with E-state index in [2.05, 4.69) is 0 Å². The summed E-state index contributed by atoms with van der Waals surface area (Å²) in [6, 6.07) is 32.6. The molecule has 0 aliphatic heterocycles. The number of carbonyl (C=O) groups is 1. The van der Waals surface area contributed by atoms with Crippen LogP contribution in [0.5, 0.6) is 17.2 Å². The van der Waals surface area contributed by atoms with Gasteiger partial charge < -0.3 is 19.9 Å². The van der Waals surface area contributed by atoms with Gasteiger partial charge in [0.15, 0.2) is 11.5 Å². The molecule has 166 valence electrons. The van der Waals surface area contributed by atoms with E-state index in [4.69, 9.17) is 19.9 Å². The lowest BCUT2D eigenvalue weighted by Crippen LogP contribution is -2.14. The fourth-order valence-electron chi connectivity index (χ4n) is 3.33. The normalized spacial score (nSPS) is 10.4. The third kappa shape index (κ3) is 5.92. The Morgan fingerprint density at radius 2 is 0.970 bits per heavy atom. The summed E-state index contributed by atoms with van der Waals surface area (Å²) in [7, 11) is 0. The highest BCUT2D eigenvalue weighted by Crippen LogP contribution is 2.41. The van der Waals surface area contributed by atoms with Crippen molar-refractivity contribution in [3.63, 3.8) is 0 Å². The molecule has 0 saturated carbocycles. The number of benzene rings is 4. The van der Waals surface area contributed by atoms with Gasteiger partial charge in [0, 0.05) is 0 Å². The summed E-state index contributed by atoms with van der Waals surface area (Å²) in [4.78, 5) is 12.2. The first-order valence-electron chi connectivity index (χ1n) is 10.7. The molecule has 0 bridgehead atoms. The Labute approximate surface area is 193 Å². The van der Waals surface area contributed by atoms with Crippen molar-refractivity contribution in [2.24, 2.45) is 5.73 Å². The molecule has 0 heterocycles. The largest absolute Gasteiger partial charge is 0.485 e. The molecule has 4 rings (SSSR count). The molecule has 0 unspecified atom stereocenters. The van der Waals surface area contributed by atoms with Crippen LogP contribution >= 0.6 is 0 Å². The van der Waals surface area contributed by atoms with Crippen LogP contribution in [-0.2, 0) is 19.8 Å². The van der Waals surface area contributed by atoms with E-state index >= 15 is 0 Å². The van der Waals surface area contributed by atoms with E-state index in [1.54, 1.807) is 12.1 Å². The minimum Gasteiger partial charge on any atom is -0.485 e. The molecule has 0 aliphatic carbocycles. The number of primary amides is 1. The van der Waals surface area contributed by atoms with Gasteiger partial charge in [-0.3, -0.25) is 4.79 Å². The van der Waals surface area contributed by atoms with E-state index in [0.29, 0.717) is 18.1 Å². The Hall–Kier alpha value is -4.25. The molecule has 5 heteroatoms. The number of rotatable bonds is 10. The van der Waals surface area contributed by atoms with Crippen LogP contribution in [0.2, 0.25) is 0 Å². The zero-order valence-electron chi connectivity index (χ0n) is 18.1.